The maximum Gasteiger partial charge on any atom is 0.271 e. The highest BCUT2D eigenvalue weighted by Gasteiger charge is 2.19. The second-order valence-corrected chi connectivity index (χ2v) is 3.95. The molecule has 0 aliphatic rings. The number of phenols is 1. The fourth-order valence-corrected chi connectivity index (χ4v) is 1.67. The summed E-state index contributed by atoms with van der Waals surface area (Å²) in [5, 5.41) is 28.7. The highest BCUT2D eigenvalue weighted by molar-refractivity contribution is 9.10. The molecular weight excluding hydrogens is 313 g/mol. The first-order valence-electron chi connectivity index (χ1n) is 4.26. The van der Waals surface area contributed by atoms with Crippen LogP contribution in [0.5, 0.6) is 5.75 Å². The zero-order chi connectivity index (χ0) is 12.3. The van der Waals surface area contributed by atoms with Crippen LogP contribution in [0.2, 0.25) is 0 Å². The van der Waals surface area contributed by atoms with Crippen molar-refractivity contribution in [3.63, 3.8) is 0 Å². The number of rotatable bonds is 3. The Bertz CT molecular complexity index is 475. The van der Waals surface area contributed by atoms with E-state index in [-0.39, 0.29) is 40.3 Å². The molecule has 0 saturated heterocycles. The smallest absolute Gasteiger partial charge is 0.271 e. The molecule has 0 aliphatic carbocycles. The van der Waals surface area contributed by atoms with Gasteiger partial charge in [0.05, 0.1) is 21.9 Å². The van der Waals surface area contributed by atoms with Crippen LogP contribution in [0.3, 0.4) is 0 Å². The number of nitro benzene ring substituents is 1. The number of hydrogen-bond acceptors (Lipinski definition) is 5. The van der Waals surface area contributed by atoms with Gasteiger partial charge in [0, 0.05) is 23.7 Å². The van der Waals surface area contributed by atoms with Gasteiger partial charge in [-0.05, 0) is 15.9 Å². The molecule has 1 rings (SSSR count). The SMILES string of the molecule is Cl.N#CC[C@@H](N)c1cc([N+](=O)[O-])cc(Br)c1O. The van der Waals surface area contributed by atoms with E-state index in [1.165, 1.54) is 12.1 Å². The third kappa shape index (κ3) is 3.56. The number of benzene rings is 1. The molecule has 0 spiro atoms. The predicted molar refractivity (Wildman–Crippen MR) is 66.9 cm³/mol. The van der Waals surface area contributed by atoms with E-state index in [4.69, 9.17) is 11.0 Å². The first-order valence-corrected chi connectivity index (χ1v) is 5.06. The van der Waals surface area contributed by atoms with Crippen LogP contribution < -0.4 is 5.73 Å². The van der Waals surface area contributed by atoms with Gasteiger partial charge < -0.3 is 10.8 Å². The van der Waals surface area contributed by atoms with Gasteiger partial charge in [-0.15, -0.1) is 12.4 Å². The van der Waals surface area contributed by atoms with E-state index in [0.29, 0.717) is 0 Å². The Labute approximate surface area is 112 Å². The van der Waals surface area contributed by atoms with Crippen molar-refractivity contribution < 1.29 is 10.0 Å². The molecule has 0 fully saturated rings. The zero-order valence-electron chi connectivity index (χ0n) is 8.46. The molecule has 0 aliphatic heterocycles. The molecule has 1 atom stereocenters. The van der Waals surface area contributed by atoms with E-state index >= 15 is 0 Å². The lowest BCUT2D eigenvalue weighted by Gasteiger charge is -2.11. The van der Waals surface area contributed by atoms with Crippen molar-refractivity contribution in [1.82, 2.24) is 0 Å². The number of phenolic OH excluding ortho intramolecular Hbond substituents is 1. The van der Waals surface area contributed by atoms with Crippen molar-refractivity contribution in [1.29, 1.82) is 5.26 Å². The molecular formula is C9H9BrClN3O3. The first-order chi connectivity index (χ1) is 7.47. The van der Waals surface area contributed by atoms with E-state index in [1.54, 1.807) is 0 Å². The highest BCUT2D eigenvalue weighted by Crippen LogP contribution is 2.35. The van der Waals surface area contributed by atoms with Gasteiger partial charge in [-0.2, -0.15) is 5.26 Å². The Balaban J connectivity index is 0.00000256. The number of nitrogens with zero attached hydrogens (tertiary/aromatic N) is 2. The van der Waals surface area contributed by atoms with Gasteiger partial charge in [0.15, 0.2) is 0 Å². The fourth-order valence-electron chi connectivity index (χ4n) is 1.20. The second kappa shape index (κ2) is 6.39. The lowest BCUT2D eigenvalue weighted by Crippen LogP contribution is -2.10. The summed E-state index contributed by atoms with van der Waals surface area (Å²) in [5.74, 6) is -0.173. The Morgan fingerprint density at radius 3 is 2.71 bits per heavy atom. The van der Waals surface area contributed by atoms with Gasteiger partial charge in [0.2, 0.25) is 0 Å². The monoisotopic (exact) mass is 321 g/mol. The van der Waals surface area contributed by atoms with Crippen LogP contribution in [-0.2, 0) is 0 Å². The van der Waals surface area contributed by atoms with Crippen molar-refractivity contribution in [2.45, 2.75) is 12.5 Å². The largest absolute Gasteiger partial charge is 0.506 e. The van der Waals surface area contributed by atoms with Gasteiger partial charge in [-0.25, -0.2) is 0 Å². The standard InChI is InChI=1S/C9H8BrN3O3.ClH/c10-7-4-5(13(15)16)3-6(9(7)14)8(12)1-2-11;/h3-4,8,14H,1,12H2;1H/t8-;/m1./s1. The lowest BCUT2D eigenvalue weighted by atomic mass is 10.0. The summed E-state index contributed by atoms with van der Waals surface area (Å²) in [6.07, 6.45) is -0.0266. The molecule has 0 heterocycles. The third-order valence-electron chi connectivity index (χ3n) is 2.00. The van der Waals surface area contributed by atoms with E-state index in [0.717, 1.165) is 0 Å². The molecule has 92 valence electrons. The van der Waals surface area contributed by atoms with E-state index < -0.39 is 11.0 Å². The molecule has 3 N–H and O–H groups in total. The van der Waals surface area contributed by atoms with Gasteiger partial charge in [-0.1, -0.05) is 0 Å². The number of halogens is 2. The van der Waals surface area contributed by atoms with Crippen molar-refractivity contribution in [2.24, 2.45) is 5.73 Å². The summed E-state index contributed by atoms with van der Waals surface area (Å²) in [7, 11) is 0. The minimum Gasteiger partial charge on any atom is -0.506 e. The van der Waals surface area contributed by atoms with Gasteiger partial charge >= 0.3 is 0 Å². The molecule has 8 heteroatoms. The van der Waals surface area contributed by atoms with Crippen molar-refractivity contribution in [3.05, 3.63) is 32.3 Å². The van der Waals surface area contributed by atoms with Crippen molar-refractivity contribution >= 4 is 34.0 Å². The summed E-state index contributed by atoms with van der Waals surface area (Å²) in [4.78, 5) is 10.0. The van der Waals surface area contributed by atoms with E-state index in [1.807, 2.05) is 6.07 Å². The average Bonchev–Trinajstić information content (AvgIpc) is 2.21. The average molecular weight is 323 g/mol. The van der Waals surface area contributed by atoms with Crippen LogP contribution in [-0.4, -0.2) is 10.0 Å². The molecule has 0 amide bonds. The maximum atomic E-state index is 10.6. The van der Waals surface area contributed by atoms with Crippen LogP contribution in [0.4, 0.5) is 5.69 Å². The minimum atomic E-state index is -0.749. The van der Waals surface area contributed by atoms with E-state index in [2.05, 4.69) is 15.9 Å². The Hall–Kier alpha value is -1.36. The molecule has 6 nitrogen and oxygen atoms in total. The molecule has 17 heavy (non-hydrogen) atoms. The molecule has 0 radical (unpaired) electrons. The van der Waals surface area contributed by atoms with Gasteiger partial charge in [0.25, 0.3) is 5.69 Å². The second-order valence-electron chi connectivity index (χ2n) is 3.09. The van der Waals surface area contributed by atoms with E-state index in [9.17, 15) is 15.2 Å². The number of nitrogens with two attached hydrogens (primary N) is 1. The molecule has 1 aromatic rings. The van der Waals surface area contributed by atoms with Gasteiger partial charge in [0.1, 0.15) is 5.75 Å². The Kier molecular flexibility index (Phi) is 5.88. The number of non-ortho nitro benzene ring substituents is 1. The van der Waals surface area contributed by atoms with Crippen LogP contribution in [0.15, 0.2) is 16.6 Å². The minimum absolute atomic E-state index is 0. The number of nitriles is 1. The summed E-state index contributed by atoms with van der Waals surface area (Å²) in [6, 6.07) is 3.44. The molecule has 1 aromatic carbocycles. The lowest BCUT2D eigenvalue weighted by molar-refractivity contribution is -0.385. The molecule has 0 bridgehead atoms. The Morgan fingerprint density at radius 1 is 1.65 bits per heavy atom. The number of nitro groups is 1. The first kappa shape index (κ1) is 15.6. The summed E-state index contributed by atoms with van der Waals surface area (Å²) >= 11 is 2.99. The van der Waals surface area contributed by atoms with Crippen LogP contribution in [0.1, 0.15) is 18.0 Å². The molecule has 0 aromatic heterocycles. The highest BCUT2D eigenvalue weighted by atomic mass is 79.9. The molecule has 0 unspecified atom stereocenters. The van der Waals surface area contributed by atoms with Crippen molar-refractivity contribution in [3.8, 4) is 11.8 Å². The fraction of sp³-hybridized carbons (Fsp3) is 0.222. The van der Waals surface area contributed by atoms with Crippen LogP contribution in [0, 0.1) is 21.4 Å². The normalized spacial score (nSPS) is 11.1. The number of aromatic hydroxyl groups is 1. The van der Waals surface area contributed by atoms with Crippen LogP contribution in [0.25, 0.3) is 0 Å². The molecule has 0 saturated carbocycles. The van der Waals surface area contributed by atoms with Gasteiger partial charge in [-0.3, -0.25) is 10.1 Å². The third-order valence-corrected chi connectivity index (χ3v) is 2.60. The van der Waals surface area contributed by atoms with Crippen LogP contribution >= 0.6 is 28.3 Å². The summed E-state index contributed by atoms with van der Waals surface area (Å²) in [6.45, 7) is 0. The topological polar surface area (TPSA) is 113 Å². The maximum absolute atomic E-state index is 10.6. The zero-order valence-corrected chi connectivity index (χ0v) is 10.9. The summed E-state index contributed by atoms with van der Waals surface area (Å²) < 4.78 is 0.185. The summed E-state index contributed by atoms with van der Waals surface area (Å²) in [5.41, 5.74) is 5.61. The Morgan fingerprint density at radius 2 is 2.24 bits per heavy atom. The quantitative estimate of drug-likeness (QED) is 0.655. The number of hydrogen-bond donors (Lipinski definition) is 2. The van der Waals surface area contributed by atoms with Crippen molar-refractivity contribution in [2.75, 3.05) is 0 Å². The predicted octanol–water partition coefficient (Wildman–Crippen LogP) is 2.40.